The first-order valence-electron chi connectivity index (χ1n) is 10.2. The maximum Gasteiger partial charge on any atom is 0.407 e. The number of amides is 2. The highest BCUT2D eigenvalue weighted by Gasteiger charge is 2.36. The molecule has 1 saturated heterocycles. The van der Waals surface area contributed by atoms with Gasteiger partial charge < -0.3 is 20.2 Å². The van der Waals surface area contributed by atoms with Crippen LogP contribution in [0.3, 0.4) is 0 Å². The van der Waals surface area contributed by atoms with Crippen LogP contribution in [0.1, 0.15) is 48.9 Å². The third kappa shape index (κ3) is 4.10. The van der Waals surface area contributed by atoms with Gasteiger partial charge in [0.25, 0.3) is 0 Å². The maximum absolute atomic E-state index is 11.6. The average Bonchev–Trinajstić information content (AvgIpc) is 3.16. The van der Waals surface area contributed by atoms with Crippen LogP contribution >= 0.6 is 11.6 Å². The Morgan fingerprint density at radius 2 is 2.03 bits per heavy atom. The van der Waals surface area contributed by atoms with Crippen LogP contribution in [0.4, 0.5) is 4.79 Å². The summed E-state index contributed by atoms with van der Waals surface area (Å²) in [5.74, 6) is 0.384. The summed E-state index contributed by atoms with van der Waals surface area (Å²) < 4.78 is 6.03. The number of hydrogen-bond acceptors (Lipinski definition) is 4. The lowest BCUT2D eigenvalue weighted by atomic mass is 9.85. The number of carboxylic acid groups (broad SMARTS) is 1. The number of nitrogens with two attached hydrogens (primary N) is 1. The number of primary amides is 1. The lowest BCUT2D eigenvalue weighted by Crippen LogP contribution is -2.47. The largest absolute Gasteiger partial charge is 0.465 e. The fourth-order valence-corrected chi connectivity index (χ4v) is 4.57. The fourth-order valence-electron chi connectivity index (χ4n) is 4.28. The monoisotopic (exact) mass is 441 g/mol. The number of aromatic nitrogens is 1. The van der Waals surface area contributed by atoms with E-state index in [0.717, 1.165) is 11.1 Å². The van der Waals surface area contributed by atoms with Crippen LogP contribution in [0.25, 0.3) is 22.2 Å². The minimum Gasteiger partial charge on any atom is -0.465 e. The van der Waals surface area contributed by atoms with E-state index in [1.165, 1.54) is 4.90 Å². The van der Waals surface area contributed by atoms with Gasteiger partial charge in [0, 0.05) is 34.7 Å². The molecule has 162 valence electrons. The van der Waals surface area contributed by atoms with E-state index >= 15 is 0 Å². The smallest absolute Gasteiger partial charge is 0.407 e. The SMILES string of the molecule is CC(C)C1CC(c2nc3cc(-c4ccc(C(N)=O)cc4Cl)ccc3o2)CCN1C(=O)O. The standard InChI is InChI=1S/C23H24ClN3O4/c1-12(2)19-11-15(7-8-27(19)23(29)30)22-26-18-10-13(4-6-20(18)31-22)16-5-3-14(21(25)28)9-17(16)24/h3-6,9-10,12,15,19H,7-8,11H2,1-2H3,(H2,25,28)(H,29,30). The van der Waals surface area contributed by atoms with E-state index in [1.807, 2.05) is 32.0 Å². The van der Waals surface area contributed by atoms with Crippen molar-refractivity contribution in [2.24, 2.45) is 11.7 Å². The normalized spacial score (nSPS) is 19.2. The highest BCUT2D eigenvalue weighted by atomic mass is 35.5. The molecular formula is C23H24ClN3O4. The first kappa shape index (κ1) is 21.2. The van der Waals surface area contributed by atoms with E-state index in [0.29, 0.717) is 47.0 Å². The van der Waals surface area contributed by atoms with Crippen molar-refractivity contribution < 1.29 is 19.1 Å². The average molecular weight is 442 g/mol. The number of benzene rings is 2. The Balaban J connectivity index is 1.63. The summed E-state index contributed by atoms with van der Waals surface area (Å²) in [7, 11) is 0. The molecule has 31 heavy (non-hydrogen) atoms. The predicted octanol–water partition coefficient (Wildman–Crippen LogP) is 5.13. The summed E-state index contributed by atoms with van der Waals surface area (Å²) in [5, 5.41) is 9.92. The number of nitrogens with zero attached hydrogens (tertiary/aromatic N) is 2. The van der Waals surface area contributed by atoms with Crippen molar-refractivity contribution in [3.63, 3.8) is 0 Å². The Hall–Kier alpha value is -3.06. The van der Waals surface area contributed by atoms with Crippen LogP contribution in [0.2, 0.25) is 5.02 Å². The zero-order chi connectivity index (χ0) is 22.3. The Kier molecular flexibility index (Phi) is 5.62. The molecule has 3 aromatic rings. The number of oxazole rings is 1. The lowest BCUT2D eigenvalue weighted by molar-refractivity contribution is 0.0794. The molecule has 0 saturated carbocycles. The number of halogens is 1. The summed E-state index contributed by atoms with van der Waals surface area (Å²) in [5.41, 5.74) is 8.68. The Labute approximate surface area is 184 Å². The molecule has 0 bridgehead atoms. The second-order valence-electron chi connectivity index (χ2n) is 8.30. The lowest BCUT2D eigenvalue weighted by Gasteiger charge is -2.39. The number of carbonyl (C=O) groups excluding carboxylic acids is 1. The number of rotatable bonds is 4. The summed E-state index contributed by atoms with van der Waals surface area (Å²) in [4.78, 5) is 29.2. The topological polar surface area (TPSA) is 110 Å². The quantitative estimate of drug-likeness (QED) is 0.583. The zero-order valence-electron chi connectivity index (χ0n) is 17.3. The Morgan fingerprint density at radius 3 is 2.68 bits per heavy atom. The number of likely N-dealkylation sites (tertiary alicyclic amines) is 1. The summed E-state index contributed by atoms with van der Waals surface area (Å²) in [6.07, 6.45) is 0.484. The van der Waals surface area contributed by atoms with E-state index in [9.17, 15) is 14.7 Å². The number of fused-ring (bicyclic) bond motifs is 1. The van der Waals surface area contributed by atoms with Crippen molar-refractivity contribution in [2.75, 3.05) is 6.54 Å². The van der Waals surface area contributed by atoms with Gasteiger partial charge in [-0.15, -0.1) is 0 Å². The molecule has 1 aliphatic heterocycles. The molecule has 2 aromatic carbocycles. The second kappa shape index (κ2) is 8.23. The number of piperidine rings is 1. The zero-order valence-corrected chi connectivity index (χ0v) is 18.1. The first-order valence-corrected chi connectivity index (χ1v) is 10.6. The third-order valence-corrected chi connectivity index (χ3v) is 6.29. The second-order valence-corrected chi connectivity index (χ2v) is 8.71. The minimum absolute atomic E-state index is 0.0654. The number of carbonyl (C=O) groups is 2. The molecule has 7 nitrogen and oxygen atoms in total. The van der Waals surface area contributed by atoms with Crippen LogP contribution in [0.5, 0.6) is 0 Å². The summed E-state index contributed by atoms with van der Waals surface area (Å²) in [6, 6.07) is 10.5. The molecule has 0 spiro atoms. The molecule has 0 aliphatic carbocycles. The van der Waals surface area contributed by atoms with Gasteiger partial charge in [-0.1, -0.05) is 37.6 Å². The van der Waals surface area contributed by atoms with Crippen LogP contribution in [-0.4, -0.2) is 39.6 Å². The van der Waals surface area contributed by atoms with Crippen LogP contribution in [0, 0.1) is 5.92 Å². The molecular weight excluding hydrogens is 418 g/mol. The molecule has 1 aliphatic rings. The van der Waals surface area contributed by atoms with E-state index in [1.54, 1.807) is 18.2 Å². The van der Waals surface area contributed by atoms with E-state index in [-0.39, 0.29) is 17.9 Å². The van der Waals surface area contributed by atoms with Crippen molar-refractivity contribution in [3.8, 4) is 11.1 Å². The van der Waals surface area contributed by atoms with Crippen LogP contribution in [0.15, 0.2) is 40.8 Å². The number of hydrogen-bond donors (Lipinski definition) is 2. The van der Waals surface area contributed by atoms with Crippen molar-refractivity contribution in [3.05, 3.63) is 52.9 Å². The third-order valence-electron chi connectivity index (χ3n) is 5.98. The molecule has 3 N–H and O–H groups in total. The van der Waals surface area contributed by atoms with Crippen molar-refractivity contribution in [1.29, 1.82) is 0 Å². The molecule has 1 fully saturated rings. The van der Waals surface area contributed by atoms with E-state index in [4.69, 9.17) is 26.7 Å². The van der Waals surface area contributed by atoms with Gasteiger partial charge >= 0.3 is 6.09 Å². The molecule has 0 radical (unpaired) electrons. The Morgan fingerprint density at radius 1 is 1.26 bits per heavy atom. The summed E-state index contributed by atoms with van der Waals surface area (Å²) >= 11 is 6.37. The van der Waals surface area contributed by atoms with Gasteiger partial charge in [0.05, 0.1) is 0 Å². The maximum atomic E-state index is 11.6. The van der Waals surface area contributed by atoms with Gasteiger partial charge in [-0.25, -0.2) is 9.78 Å². The molecule has 2 atom stereocenters. The summed E-state index contributed by atoms with van der Waals surface area (Å²) in [6.45, 7) is 4.54. The molecule has 8 heteroatoms. The van der Waals surface area contributed by atoms with Crippen LogP contribution in [-0.2, 0) is 0 Å². The minimum atomic E-state index is -0.876. The van der Waals surface area contributed by atoms with E-state index < -0.39 is 12.0 Å². The van der Waals surface area contributed by atoms with Crippen molar-refractivity contribution >= 4 is 34.7 Å². The van der Waals surface area contributed by atoms with Gasteiger partial charge in [-0.2, -0.15) is 0 Å². The highest BCUT2D eigenvalue weighted by Crippen LogP contribution is 2.37. The molecule has 1 aromatic heterocycles. The first-order chi connectivity index (χ1) is 14.7. The van der Waals surface area contributed by atoms with Crippen LogP contribution < -0.4 is 5.73 Å². The van der Waals surface area contributed by atoms with Gasteiger partial charge in [0.2, 0.25) is 5.91 Å². The van der Waals surface area contributed by atoms with Gasteiger partial charge in [0.15, 0.2) is 11.5 Å². The van der Waals surface area contributed by atoms with Gasteiger partial charge in [0.1, 0.15) is 5.52 Å². The predicted molar refractivity (Wildman–Crippen MR) is 118 cm³/mol. The molecule has 2 amide bonds. The molecule has 2 unspecified atom stereocenters. The molecule has 2 heterocycles. The van der Waals surface area contributed by atoms with Gasteiger partial charge in [-0.3, -0.25) is 4.79 Å². The molecule has 4 rings (SSSR count). The van der Waals surface area contributed by atoms with Crippen molar-refractivity contribution in [1.82, 2.24) is 9.88 Å². The van der Waals surface area contributed by atoms with Crippen molar-refractivity contribution in [2.45, 2.75) is 38.6 Å². The fraction of sp³-hybridized carbons (Fsp3) is 0.348. The Bertz CT molecular complexity index is 1160. The van der Waals surface area contributed by atoms with E-state index in [2.05, 4.69) is 0 Å². The van der Waals surface area contributed by atoms with Gasteiger partial charge in [-0.05, 0) is 48.6 Å². The highest BCUT2D eigenvalue weighted by molar-refractivity contribution is 6.33.